The molecule has 0 aliphatic rings. The highest BCUT2D eigenvalue weighted by atomic mass is 35.5. The van der Waals surface area contributed by atoms with Crippen molar-refractivity contribution in [3.05, 3.63) is 40.9 Å². The summed E-state index contributed by atoms with van der Waals surface area (Å²) in [5, 5.41) is 12.0. The number of carbonyl (C=O) groups excluding carboxylic acids is 1. The highest BCUT2D eigenvalue weighted by molar-refractivity contribution is 7.15. The summed E-state index contributed by atoms with van der Waals surface area (Å²) >= 11 is 1.37. The van der Waals surface area contributed by atoms with Gasteiger partial charge in [-0.3, -0.25) is 10.1 Å². The summed E-state index contributed by atoms with van der Waals surface area (Å²) in [6.45, 7) is 4.06. The molecule has 0 spiro atoms. The molecule has 20 heavy (non-hydrogen) atoms. The van der Waals surface area contributed by atoms with Crippen LogP contribution < -0.4 is 11.1 Å². The van der Waals surface area contributed by atoms with Crippen LogP contribution in [-0.4, -0.2) is 16.1 Å². The molecule has 1 amide bonds. The third-order valence-corrected chi connectivity index (χ3v) is 3.75. The maximum atomic E-state index is 12.0. The lowest BCUT2D eigenvalue weighted by atomic mass is 10.1. The Morgan fingerprint density at radius 3 is 2.45 bits per heavy atom. The molecule has 0 bridgehead atoms. The van der Waals surface area contributed by atoms with Crippen molar-refractivity contribution < 1.29 is 4.79 Å². The van der Waals surface area contributed by atoms with E-state index < -0.39 is 6.04 Å². The van der Waals surface area contributed by atoms with Crippen LogP contribution in [0.5, 0.6) is 0 Å². The first-order valence-corrected chi connectivity index (χ1v) is 6.84. The first kappa shape index (κ1) is 16.6. The summed E-state index contributed by atoms with van der Waals surface area (Å²) in [7, 11) is 0. The van der Waals surface area contributed by atoms with Crippen LogP contribution in [-0.2, 0) is 4.79 Å². The Balaban J connectivity index is 0.00000200. The summed E-state index contributed by atoms with van der Waals surface area (Å²) in [5.74, 6) is 0.0172. The standard InChI is InChI=1S/C13H16N4OS.ClH/c1-8(2)12-16-17-13(19-12)15-11(18)10(14)9-6-4-3-5-7-9;/h3-8,10H,14H2,1-2H3,(H,15,17,18);1H. The van der Waals surface area contributed by atoms with Crippen molar-refractivity contribution in [2.75, 3.05) is 5.32 Å². The third-order valence-electron chi connectivity index (χ3n) is 2.61. The van der Waals surface area contributed by atoms with Crippen molar-refractivity contribution in [3.63, 3.8) is 0 Å². The number of nitrogens with zero attached hydrogens (tertiary/aromatic N) is 2. The molecule has 1 aromatic heterocycles. The van der Waals surface area contributed by atoms with Crippen LogP contribution in [0.1, 0.15) is 36.4 Å². The molecule has 3 N–H and O–H groups in total. The molecule has 0 saturated carbocycles. The van der Waals surface area contributed by atoms with Gasteiger partial charge in [0.2, 0.25) is 11.0 Å². The van der Waals surface area contributed by atoms with Crippen molar-refractivity contribution in [2.45, 2.75) is 25.8 Å². The molecular weight excluding hydrogens is 296 g/mol. The molecule has 2 rings (SSSR count). The van der Waals surface area contributed by atoms with E-state index >= 15 is 0 Å². The van der Waals surface area contributed by atoms with E-state index in [1.54, 1.807) is 0 Å². The van der Waals surface area contributed by atoms with Gasteiger partial charge in [-0.1, -0.05) is 55.5 Å². The van der Waals surface area contributed by atoms with Crippen molar-refractivity contribution >= 4 is 34.8 Å². The van der Waals surface area contributed by atoms with E-state index in [4.69, 9.17) is 5.73 Å². The molecule has 2 aromatic rings. The molecule has 108 valence electrons. The van der Waals surface area contributed by atoms with E-state index in [1.165, 1.54) is 11.3 Å². The fraction of sp³-hybridized carbons (Fsp3) is 0.308. The van der Waals surface area contributed by atoms with Gasteiger partial charge in [0.1, 0.15) is 11.0 Å². The minimum Gasteiger partial charge on any atom is -0.316 e. The topological polar surface area (TPSA) is 80.9 Å². The second-order valence-electron chi connectivity index (χ2n) is 4.48. The number of benzene rings is 1. The smallest absolute Gasteiger partial charge is 0.247 e. The molecular formula is C13H17ClN4OS. The highest BCUT2D eigenvalue weighted by Crippen LogP contribution is 2.23. The van der Waals surface area contributed by atoms with Gasteiger partial charge in [-0.05, 0) is 5.56 Å². The lowest BCUT2D eigenvalue weighted by molar-refractivity contribution is -0.117. The average molecular weight is 313 g/mol. The molecule has 1 heterocycles. The fourth-order valence-corrected chi connectivity index (χ4v) is 2.26. The number of anilines is 1. The molecule has 7 heteroatoms. The largest absolute Gasteiger partial charge is 0.316 e. The number of hydrogen-bond acceptors (Lipinski definition) is 5. The van der Waals surface area contributed by atoms with Crippen LogP contribution in [0.4, 0.5) is 5.13 Å². The normalized spacial score (nSPS) is 11.8. The van der Waals surface area contributed by atoms with Crippen LogP contribution in [0.15, 0.2) is 30.3 Å². The predicted molar refractivity (Wildman–Crippen MR) is 83.2 cm³/mol. The second kappa shape index (κ2) is 7.33. The second-order valence-corrected chi connectivity index (χ2v) is 5.49. The van der Waals surface area contributed by atoms with Gasteiger partial charge in [0.15, 0.2) is 0 Å². The zero-order valence-electron chi connectivity index (χ0n) is 11.2. The van der Waals surface area contributed by atoms with Crippen LogP contribution >= 0.6 is 23.7 Å². The van der Waals surface area contributed by atoms with E-state index in [1.807, 2.05) is 44.2 Å². The summed E-state index contributed by atoms with van der Waals surface area (Å²) in [6, 6.07) is 8.53. The number of carbonyl (C=O) groups is 1. The van der Waals surface area contributed by atoms with Crippen molar-refractivity contribution in [3.8, 4) is 0 Å². The lowest BCUT2D eigenvalue weighted by Gasteiger charge is -2.10. The number of nitrogens with one attached hydrogen (secondary N) is 1. The Morgan fingerprint density at radius 2 is 1.90 bits per heavy atom. The van der Waals surface area contributed by atoms with Gasteiger partial charge in [0.25, 0.3) is 0 Å². The number of hydrogen-bond donors (Lipinski definition) is 2. The summed E-state index contributed by atoms with van der Waals surface area (Å²) in [5.41, 5.74) is 6.67. The average Bonchev–Trinajstić information content (AvgIpc) is 2.87. The van der Waals surface area contributed by atoms with Crippen LogP contribution in [0.2, 0.25) is 0 Å². The highest BCUT2D eigenvalue weighted by Gasteiger charge is 2.17. The van der Waals surface area contributed by atoms with E-state index in [-0.39, 0.29) is 18.3 Å². The third kappa shape index (κ3) is 4.00. The summed E-state index contributed by atoms with van der Waals surface area (Å²) in [4.78, 5) is 12.0. The van der Waals surface area contributed by atoms with E-state index in [0.717, 1.165) is 10.6 Å². The predicted octanol–water partition coefficient (Wildman–Crippen LogP) is 2.72. The van der Waals surface area contributed by atoms with Crippen LogP contribution in [0.3, 0.4) is 0 Å². The molecule has 1 atom stereocenters. The number of rotatable bonds is 4. The van der Waals surface area contributed by atoms with Crippen LogP contribution in [0.25, 0.3) is 0 Å². The van der Waals surface area contributed by atoms with Gasteiger partial charge in [-0.25, -0.2) is 0 Å². The van der Waals surface area contributed by atoms with E-state index in [9.17, 15) is 4.79 Å². The first-order chi connectivity index (χ1) is 9.08. The Hall–Kier alpha value is -1.50. The van der Waals surface area contributed by atoms with Gasteiger partial charge in [-0.15, -0.1) is 22.6 Å². The number of halogens is 1. The zero-order valence-corrected chi connectivity index (χ0v) is 12.9. The fourth-order valence-electron chi connectivity index (χ4n) is 1.51. The monoisotopic (exact) mass is 312 g/mol. The Kier molecular flexibility index (Phi) is 6.06. The van der Waals surface area contributed by atoms with E-state index in [2.05, 4.69) is 15.5 Å². The van der Waals surface area contributed by atoms with Gasteiger partial charge < -0.3 is 5.73 Å². The Morgan fingerprint density at radius 1 is 1.25 bits per heavy atom. The lowest BCUT2D eigenvalue weighted by Crippen LogP contribution is -2.27. The molecule has 5 nitrogen and oxygen atoms in total. The SMILES string of the molecule is CC(C)c1nnc(NC(=O)C(N)c2ccccc2)s1.Cl. The molecule has 0 fully saturated rings. The van der Waals surface area contributed by atoms with Gasteiger partial charge in [0, 0.05) is 5.92 Å². The van der Waals surface area contributed by atoms with Crippen molar-refractivity contribution in [1.29, 1.82) is 0 Å². The number of nitrogens with two attached hydrogens (primary N) is 1. The van der Waals surface area contributed by atoms with Crippen molar-refractivity contribution in [2.24, 2.45) is 5.73 Å². The number of aromatic nitrogens is 2. The Bertz CT molecular complexity index is 559. The molecule has 0 saturated heterocycles. The first-order valence-electron chi connectivity index (χ1n) is 6.02. The summed E-state index contributed by atoms with van der Waals surface area (Å²) in [6.07, 6.45) is 0. The minimum absolute atomic E-state index is 0. The van der Waals surface area contributed by atoms with E-state index in [0.29, 0.717) is 11.0 Å². The van der Waals surface area contributed by atoms with Crippen molar-refractivity contribution in [1.82, 2.24) is 10.2 Å². The molecule has 1 unspecified atom stereocenters. The maximum absolute atomic E-state index is 12.0. The molecule has 0 aliphatic heterocycles. The molecule has 1 aromatic carbocycles. The van der Waals surface area contributed by atoms with Gasteiger partial charge in [0.05, 0.1) is 0 Å². The summed E-state index contributed by atoms with van der Waals surface area (Å²) < 4.78 is 0. The van der Waals surface area contributed by atoms with Crippen LogP contribution in [0, 0.1) is 0 Å². The number of amides is 1. The minimum atomic E-state index is -0.701. The molecule has 0 radical (unpaired) electrons. The quantitative estimate of drug-likeness (QED) is 0.909. The zero-order chi connectivity index (χ0) is 13.8. The van der Waals surface area contributed by atoms with Gasteiger partial charge >= 0.3 is 0 Å². The molecule has 0 aliphatic carbocycles. The Labute approximate surface area is 128 Å². The maximum Gasteiger partial charge on any atom is 0.247 e. The van der Waals surface area contributed by atoms with Gasteiger partial charge in [-0.2, -0.15) is 0 Å².